The molecule has 1 aliphatic rings. The first-order chi connectivity index (χ1) is 5.27. The van der Waals surface area contributed by atoms with Crippen LogP contribution in [0.3, 0.4) is 0 Å². The van der Waals surface area contributed by atoms with Gasteiger partial charge >= 0.3 is 0 Å². The third kappa shape index (κ3) is 2.80. The molecule has 1 aliphatic carbocycles. The van der Waals surface area contributed by atoms with Crippen LogP contribution in [0.15, 0.2) is 0 Å². The predicted molar refractivity (Wildman–Crippen MR) is 48.4 cm³/mol. The lowest BCUT2D eigenvalue weighted by Crippen LogP contribution is -2.28. The van der Waals surface area contributed by atoms with Crippen LogP contribution >= 0.6 is 0 Å². The van der Waals surface area contributed by atoms with E-state index in [-0.39, 0.29) is 0 Å². The molecule has 0 aliphatic heterocycles. The molecule has 11 heavy (non-hydrogen) atoms. The lowest BCUT2D eigenvalue weighted by molar-refractivity contribution is 0.505. The summed E-state index contributed by atoms with van der Waals surface area (Å²) in [6.45, 7) is 6.35. The monoisotopic (exact) mass is 156 g/mol. The average molecular weight is 156 g/mol. The van der Waals surface area contributed by atoms with Gasteiger partial charge in [0.05, 0.1) is 0 Å². The fraction of sp³-hybridized carbons (Fsp3) is 1.00. The number of rotatable bonds is 5. The molecule has 0 bridgehead atoms. The molecule has 0 heterocycles. The molecule has 0 aromatic heterocycles. The van der Waals surface area contributed by atoms with E-state index in [0.717, 1.165) is 25.0 Å². The zero-order chi connectivity index (χ0) is 8.27. The second-order valence-electron chi connectivity index (χ2n) is 3.76. The van der Waals surface area contributed by atoms with E-state index in [1.165, 1.54) is 12.8 Å². The summed E-state index contributed by atoms with van der Waals surface area (Å²) in [4.78, 5) is 0. The van der Waals surface area contributed by atoms with E-state index in [0.29, 0.717) is 5.92 Å². The van der Waals surface area contributed by atoms with Gasteiger partial charge in [-0.05, 0) is 31.3 Å². The number of hydrogen-bond donors (Lipinski definition) is 2. The standard InChI is InChI=1S/C9H20N2/c1-3-8-4-9(8)11-6-7(2)5-10/h7-9,11H,3-6,10H2,1-2H3. The maximum atomic E-state index is 5.51. The van der Waals surface area contributed by atoms with Gasteiger partial charge in [-0.25, -0.2) is 0 Å². The molecule has 0 saturated heterocycles. The van der Waals surface area contributed by atoms with Crippen molar-refractivity contribution in [3.05, 3.63) is 0 Å². The molecule has 0 aromatic carbocycles. The van der Waals surface area contributed by atoms with Crippen LogP contribution in [0, 0.1) is 11.8 Å². The molecule has 1 rings (SSSR count). The molecule has 2 nitrogen and oxygen atoms in total. The average Bonchev–Trinajstić information content (AvgIpc) is 2.78. The Kier molecular flexibility index (Phi) is 3.34. The number of nitrogens with two attached hydrogens (primary N) is 1. The molecule has 3 atom stereocenters. The van der Waals surface area contributed by atoms with E-state index in [2.05, 4.69) is 19.2 Å². The minimum atomic E-state index is 0.633. The third-order valence-electron chi connectivity index (χ3n) is 2.58. The van der Waals surface area contributed by atoms with E-state index in [4.69, 9.17) is 5.73 Å². The second kappa shape index (κ2) is 4.07. The molecule has 1 fully saturated rings. The van der Waals surface area contributed by atoms with Crippen molar-refractivity contribution in [2.45, 2.75) is 32.7 Å². The quantitative estimate of drug-likeness (QED) is 0.622. The Labute approximate surface area is 69.5 Å². The summed E-state index contributed by atoms with van der Waals surface area (Å²) >= 11 is 0. The summed E-state index contributed by atoms with van der Waals surface area (Å²) in [5.74, 6) is 1.59. The summed E-state index contributed by atoms with van der Waals surface area (Å²) < 4.78 is 0. The summed E-state index contributed by atoms with van der Waals surface area (Å²) in [5.41, 5.74) is 5.51. The van der Waals surface area contributed by atoms with Crippen molar-refractivity contribution >= 4 is 0 Å². The van der Waals surface area contributed by atoms with Crippen molar-refractivity contribution in [2.24, 2.45) is 17.6 Å². The van der Waals surface area contributed by atoms with Crippen molar-refractivity contribution < 1.29 is 0 Å². The van der Waals surface area contributed by atoms with Gasteiger partial charge in [-0.15, -0.1) is 0 Å². The van der Waals surface area contributed by atoms with E-state index in [1.807, 2.05) is 0 Å². The van der Waals surface area contributed by atoms with Gasteiger partial charge in [0, 0.05) is 6.04 Å². The smallest absolute Gasteiger partial charge is 0.00991 e. The SMILES string of the molecule is CCC1CC1NCC(C)CN. The number of nitrogens with one attached hydrogen (secondary N) is 1. The van der Waals surface area contributed by atoms with Crippen molar-refractivity contribution in [3.8, 4) is 0 Å². The fourth-order valence-corrected chi connectivity index (χ4v) is 1.38. The summed E-state index contributed by atoms with van der Waals surface area (Å²) in [5, 5.41) is 3.53. The van der Waals surface area contributed by atoms with Gasteiger partial charge in [0.25, 0.3) is 0 Å². The van der Waals surface area contributed by atoms with Crippen molar-refractivity contribution in [2.75, 3.05) is 13.1 Å². The second-order valence-corrected chi connectivity index (χ2v) is 3.76. The fourth-order valence-electron chi connectivity index (χ4n) is 1.38. The maximum absolute atomic E-state index is 5.51. The lowest BCUT2D eigenvalue weighted by atomic mass is 10.2. The van der Waals surface area contributed by atoms with Crippen LogP contribution in [0.2, 0.25) is 0 Å². The van der Waals surface area contributed by atoms with Crippen molar-refractivity contribution in [3.63, 3.8) is 0 Å². The van der Waals surface area contributed by atoms with Gasteiger partial charge in [0.1, 0.15) is 0 Å². The predicted octanol–water partition coefficient (Wildman–Crippen LogP) is 0.969. The normalized spacial score (nSPS) is 31.9. The van der Waals surface area contributed by atoms with Crippen LogP contribution in [-0.2, 0) is 0 Å². The summed E-state index contributed by atoms with van der Waals surface area (Å²) in [6, 6.07) is 0.814. The first kappa shape index (κ1) is 9.01. The highest BCUT2D eigenvalue weighted by molar-refractivity contribution is 4.92. The van der Waals surface area contributed by atoms with Crippen LogP contribution in [-0.4, -0.2) is 19.1 Å². The van der Waals surface area contributed by atoms with E-state index >= 15 is 0 Å². The molecule has 3 N–H and O–H groups in total. The minimum absolute atomic E-state index is 0.633. The van der Waals surface area contributed by atoms with Crippen LogP contribution in [0.4, 0.5) is 0 Å². The highest BCUT2D eigenvalue weighted by atomic mass is 15.0. The van der Waals surface area contributed by atoms with Gasteiger partial charge in [-0.3, -0.25) is 0 Å². The zero-order valence-corrected chi connectivity index (χ0v) is 7.64. The van der Waals surface area contributed by atoms with Gasteiger partial charge in [-0.1, -0.05) is 20.3 Å². The Morgan fingerprint density at radius 1 is 1.64 bits per heavy atom. The van der Waals surface area contributed by atoms with Crippen molar-refractivity contribution in [1.82, 2.24) is 5.32 Å². The topological polar surface area (TPSA) is 38.0 Å². The zero-order valence-electron chi connectivity index (χ0n) is 7.64. The van der Waals surface area contributed by atoms with E-state index < -0.39 is 0 Å². The Morgan fingerprint density at radius 3 is 2.82 bits per heavy atom. The van der Waals surface area contributed by atoms with Crippen molar-refractivity contribution in [1.29, 1.82) is 0 Å². The molecular weight excluding hydrogens is 136 g/mol. The Balaban J connectivity index is 1.97. The van der Waals surface area contributed by atoms with Gasteiger partial charge in [-0.2, -0.15) is 0 Å². The molecule has 0 spiro atoms. The highest BCUT2D eigenvalue weighted by Gasteiger charge is 2.34. The van der Waals surface area contributed by atoms with Crippen LogP contribution < -0.4 is 11.1 Å². The van der Waals surface area contributed by atoms with Crippen LogP contribution in [0.1, 0.15) is 26.7 Å². The molecule has 0 aromatic rings. The molecule has 1 saturated carbocycles. The Morgan fingerprint density at radius 2 is 2.36 bits per heavy atom. The summed E-state index contributed by atoms with van der Waals surface area (Å²) in [6.07, 6.45) is 2.71. The third-order valence-corrected chi connectivity index (χ3v) is 2.58. The molecular formula is C9H20N2. The van der Waals surface area contributed by atoms with Gasteiger partial charge < -0.3 is 11.1 Å². The first-order valence-corrected chi connectivity index (χ1v) is 4.71. The number of hydrogen-bond acceptors (Lipinski definition) is 2. The molecule has 2 heteroatoms. The molecule has 0 radical (unpaired) electrons. The van der Waals surface area contributed by atoms with Gasteiger partial charge in [0.15, 0.2) is 0 Å². The Bertz CT molecular complexity index is 114. The largest absolute Gasteiger partial charge is 0.330 e. The molecule has 0 amide bonds. The van der Waals surface area contributed by atoms with Crippen LogP contribution in [0.5, 0.6) is 0 Å². The van der Waals surface area contributed by atoms with Gasteiger partial charge in [0.2, 0.25) is 0 Å². The maximum Gasteiger partial charge on any atom is 0.00991 e. The molecule has 66 valence electrons. The Hall–Kier alpha value is -0.0800. The van der Waals surface area contributed by atoms with Crippen LogP contribution in [0.25, 0.3) is 0 Å². The first-order valence-electron chi connectivity index (χ1n) is 4.71. The minimum Gasteiger partial charge on any atom is -0.330 e. The molecule has 3 unspecified atom stereocenters. The summed E-state index contributed by atoms with van der Waals surface area (Å²) in [7, 11) is 0. The van der Waals surface area contributed by atoms with E-state index in [1.54, 1.807) is 0 Å². The highest BCUT2D eigenvalue weighted by Crippen LogP contribution is 2.32. The van der Waals surface area contributed by atoms with E-state index in [9.17, 15) is 0 Å². The lowest BCUT2D eigenvalue weighted by Gasteiger charge is -2.08.